The number of aryl methyl sites for hydroxylation is 1. The van der Waals surface area contributed by atoms with Gasteiger partial charge in [0.05, 0.1) is 16.8 Å². The Hall–Kier alpha value is -2.14. The predicted molar refractivity (Wildman–Crippen MR) is 124 cm³/mol. The molecule has 1 unspecified atom stereocenters. The van der Waals surface area contributed by atoms with Crippen LogP contribution in [0.25, 0.3) is 0 Å². The Kier molecular flexibility index (Phi) is 6.80. The van der Waals surface area contributed by atoms with Gasteiger partial charge in [-0.05, 0) is 61.2 Å². The van der Waals surface area contributed by atoms with Crippen LogP contribution in [0.5, 0.6) is 0 Å². The van der Waals surface area contributed by atoms with E-state index in [1.54, 1.807) is 12.1 Å². The van der Waals surface area contributed by atoms with Crippen LogP contribution in [0, 0.1) is 18.6 Å². The van der Waals surface area contributed by atoms with Crippen LogP contribution in [0.3, 0.4) is 0 Å². The zero-order chi connectivity index (χ0) is 22.0. The van der Waals surface area contributed by atoms with Crippen molar-refractivity contribution >= 4 is 28.9 Å². The van der Waals surface area contributed by atoms with Gasteiger partial charge in [-0.25, -0.2) is 8.78 Å². The number of hydrogen-bond donors (Lipinski definition) is 1. The van der Waals surface area contributed by atoms with E-state index in [1.165, 1.54) is 23.3 Å². The second-order valence-electron chi connectivity index (χ2n) is 8.07. The maximum Gasteiger partial charge on any atom is 0.159 e. The second-order valence-corrected chi connectivity index (χ2v) is 8.91. The summed E-state index contributed by atoms with van der Waals surface area (Å²) in [7, 11) is 0. The van der Waals surface area contributed by atoms with Crippen LogP contribution >= 0.6 is 23.2 Å². The molecule has 2 nitrogen and oxygen atoms in total. The van der Waals surface area contributed by atoms with Crippen molar-refractivity contribution in [3.63, 3.8) is 0 Å². The van der Waals surface area contributed by atoms with E-state index in [4.69, 9.17) is 23.2 Å². The maximum absolute atomic E-state index is 13.5. The van der Waals surface area contributed by atoms with Crippen molar-refractivity contribution in [2.24, 2.45) is 0 Å². The van der Waals surface area contributed by atoms with E-state index in [1.807, 2.05) is 12.1 Å². The number of rotatable bonds is 5. The molecule has 0 radical (unpaired) electrons. The first-order valence-electron chi connectivity index (χ1n) is 10.4. The quantitative estimate of drug-likeness (QED) is 0.437. The number of hydrogen-bond acceptors (Lipinski definition) is 2. The van der Waals surface area contributed by atoms with Gasteiger partial charge >= 0.3 is 0 Å². The van der Waals surface area contributed by atoms with Crippen LogP contribution in [0.2, 0.25) is 10.0 Å². The SMILES string of the molecule is Cc1ccc([C@@H]2CC(NCc3ccc(F)c(F)c3)CCN2c2ccc(Cl)cc2Cl)cc1. The summed E-state index contributed by atoms with van der Waals surface area (Å²) in [5, 5.41) is 4.77. The predicted octanol–water partition coefficient (Wildman–Crippen LogP) is 7.08. The number of nitrogens with one attached hydrogen (secondary N) is 1. The van der Waals surface area contributed by atoms with Crippen molar-refractivity contribution in [2.45, 2.75) is 38.4 Å². The molecule has 1 N–H and O–H groups in total. The van der Waals surface area contributed by atoms with Gasteiger partial charge in [-0.15, -0.1) is 0 Å². The Morgan fingerprint density at radius 1 is 0.968 bits per heavy atom. The number of benzene rings is 3. The highest BCUT2D eigenvalue weighted by Crippen LogP contribution is 2.39. The van der Waals surface area contributed by atoms with Gasteiger partial charge in [0.25, 0.3) is 0 Å². The molecule has 31 heavy (non-hydrogen) atoms. The molecule has 0 amide bonds. The van der Waals surface area contributed by atoms with Crippen molar-refractivity contribution in [1.29, 1.82) is 0 Å². The van der Waals surface area contributed by atoms with Crippen molar-refractivity contribution < 1.29 is 8.78 Å². The average molecular weight is 461 g/mol. The third-order valence-corrected chi connectivity index (χ3v) is 6.40. The third-order valence-electron chi connectivity index (χ3n) is 5.86. The van der Waals surface area contributed by atoms with Crippen molar-refractivity contribution in [2.75, 3.05) is 11.4 Å². The van der Waals surface area contributed by atoms with Crippen LogP contribution < -0.4 is 10.2 Å². The van der Waals surface area contributed by atoms with Crippen molar-refractivity contribution in [3.8, 4) is 0 Å². The third kappa shape index (κ3) is 5.20. The van der Waals surface area contributed by atoms with E-state index >= 15 is 0 Å². The molecule has 6 heteroatoms. The molecule has 4 rings (SSSR count). The summed E-state index contributed by atoms with van der Waals surface area (Å²) < 4.78 is 26.7. The van der Waals surface area contributed by atoms with Gasteiger partial charge in [0.1, 0.15) is 0 Å². The number of piperidine rings is 1. The van der Waals surface area contributed by atoms with Crippen molar-refractivity contribution in [3.05, 3.63) is 99.0 Å². The Balaban J connectivity index is 1.55. The highest BCUT2D eigenvalue weighted by atomic mass is 35.5. The van der Waals surface area contributed by atoms with Crippen LogP contribution in [-0.4, -0.2) is 12.6 Å². The minimum absolute atomic E-state index is 0.135. The van der Waals surface area contributed by atoms with Crippen LogP contribution in [-0.2, 0) is 6.54 Å². The van der Waals surface area contributed by atoms with Gasteiger partial charge in [-0.3, -0.25) is 0 Å². The molecule has 162 valence electrons. The lowest BCUT2D eigenvalue weighted by atomic mass is 9.90. The highest BCUT2D eigenvalue weighted by Gasteiger charge is 2.30. The van der Waals surface area contributed by atoms with E-state index in [2.05, 4.69) is 41.4 Å². The summed E-state index contributed by atoms with van der Waals surface area (Å²) in [4.78, 5) is 2.33. The molecule has 0 spiro atoms. The number of nitrogens with zero attached hydrogens (tertiary/aromatic N) is 1. The van der Waals surface area contributed by atoms with Gasteiger partial charge in [0, 0.05) is 24.2 Å². The Morgan fingerprint density at radius 3 is 2.45 bits per heavy atom. The molecule has 1 aliphatic heterocycles. The minimum Gasteiger partial charge on any atom is -0.363 e. The fourth-order valence-corrected chi connectivity index (χ4v) is 4.69. The van der Waals surface area contributed by atoms with E-state index < -0.39 is 11.6 Å². The molecule has 0 aromatic heterocycles. The first-order chi connectivity index (χ1) is 14.9. The van der Waals surface area contributed by atoms with Gasteiger partial charge in [0.2, 0.25) is 0 Å². The van der Waals surface area contributed by atoms with Gasteiger partial charge < -0.3 is 10.2 Å². The second kappa shape index (κ2) is 9.56. The fraction of sp³-hybridized carbons (Fsp3) is 0.280. The molecule has 2 atom stereocenters. The standard InChI is InChI=1S/C25H24Cl2F2N2/c1-16-2-5-18(6-3-16)25-14-20(30-15-17-4-8-22(28)23(29)12-17)10-11-31(25)24-9-7-19(26)13-21(24)27/h2-9,12-13,20,25,30H,10-11,14-15H2,1H3/t20?,25-/m0/s1. The van der Waals surface area contributed by atoms with E-state index in [-0.39, 0.29) is 12.1 Å². The Bertz CT molecular complexity index is 1060. The van der Waals surface area contributed by atoms with E-state index in [0.29, 0.717) is 16.6 Å². The maximum atomic E-state index is 13.5. The molecule has 3 aromatic rings. The first-order valence-corrected chi connectivity index (χ1v) is 11.1. The molecular weight excluding hydrogens is 437 g/mol. The first kappa shape index (κ1) is 22.1. The molecule has 0 bridgehead atoms. The fourth-order valence-electron chi connectivity index (χ4n) is 4.17. The Labute approximate surface area is 191 Å². The molecule has 0 aliphatic carbocycles. The molecule has 3 aromatic carbocycles. The van der Waals surface area contributed by atoms with Crippen LogP contribution in [0.1, 0.15) is 35.6 Å². The lowest BCUT2D eigenvalue weighted by Gasteiger charge is -2.42. The topological polar surface area (TPSA) is 15.3 Å². The smallest absolute Gasteiger partial charge is 0.159 e. The summed E-state index contributed by atoms with van der Waals surface area (Å²) >= 11 is 12.6. The van der Waals surface area contributed by atoms with Gasteiger partial charge in [0.15, 0.2) is 11.6 Å². The highest BCUT2D eigenvalue weighted by molar-refractivity contribution is 6.36. The van der Waals surface area contributed by atoms with Crippen molar-refractivity contribution in [1.82, 2.24) is 5.32 Å². The van der Waals surface area contributed by atoms with Crippen LogP contribution in [0.4, 0.5) is 14.5 Å². The number of anilines is 1. The van der Waals surface area contributed by atoms with E-state index in [9.17, 15) is 8.78 Å². The molecular formula is C25H24Cl2F2N2. The van der Waals surface area contributed by atoms with Gasteiger partial charge in [-0.1, -0.05) is 59.1 Å². The zero-order valence-electron chi connectivity index (χ0n) is 17.2. The number of halogens is 4. The summed E-state index contributed by atoms with van der Waals surface area (Å²) in [5.41, 5.74) is 4.13. The zero-order valence-corrected chi connectivity index (χ0v) is 18.7. The summed E-state index contributed by atoms with van der Waals surface area (Å²) in [6.45, 7) is 3.38. The Morgan fingerprint density at radius 2 is 1.74 bits per heavy atom. The molecule has 1 aliphatic rings. The molecule has 1 heterocycles. The molecule has 1 fully saturated rings. The average Bonchev–Trinajstić information content (AvgIpc) is 2.75. The van der Waals surface area contributed by atoms with Crippen LogP contribution in [0.15, 0.2) is 60.7 Å². The lowest BCUT2D eigenvalue weighted by Crippen LogP contribution is -2.44. The largest absolute Gasteiger partial charge is 0.363 e. The summed E-state index contributed by atoms with van der Waals surface area (Å²) in [6, 6.07) is 18.6. The van der Waals surface area contributed by atoms with Gasteiger partial charge in [-0.2, -0.15) is 0 Å². The molecule has 1 saturated heterocycles. The lowest BCUT2D eigenvalue weighted by molar-refractivity contribution is 0.359. The van der Waals surface area contributed by atoms with E-state index in [0.717, 1.165) is 30.6 Å². The normalized spacial score (nSPS) is 18.9. The monoisotopic (exact) mass is 460 g/mol. The summed E-state index contributed by atoms with van der Waals surface area (Å²) in [6.07, 6.45) is 1.77. The summed E-state index contributed by atoms with van der Waals surface area (Å²) in [5.74, 6) is -1.64. The minimum atomic E-state index is -0.823. The molecule has 0 saturated carbocycles.